The lowest BCUT2D eigenvalue weighted by atomic mass is 10.1. The lowest BCUT2D eigenvalue weighted by molar-refractivity contribution is -0.137. The van der Waals surface area contributed by atoms with Gasteiger partial charge in [0, 0.05) is 0 Å². The molecule has 2 aromatic rings. The number of carbonyl (C=O) groups is 3. The number of halogens is 3. The molecule has 3 rings (SSSR count). The fourth-order valence-electron chi connectivity index (χ4n) is 2.74. The highest BCUT2D eigenvalue weighted by atomic mass is 19.4. The van der Waals surface area contributed by atoms with Gasteiger partial charge in [0.15, 0.2) is 6.10 Å². The first-order valence-electron chi connectivity index (χ1n) is 8.25. The van der Waals surface area contributed by atoms with E-state index in [1.807, 2.05) is 0 Å². The summed E-state index contributed by atoms with van der Waals surface area (Å²) < 4.78 is 43.8. The molecule has 0 saturated carbocycles. The van der Waals surface area contributed by atoms with E-state index in [0.29, 0.717) is 0 Å². The van der Waals surface area contributed by atoms with Crippen molar-refractivity contribution >= 4 is 29.2 Å². The molecule has 2 aromatic carbocycles. The van der Waals surface area contributed by atoms with E-state index < -0.39 is 42.2 Å². The Morgan fingerprint density at radius 2 is 1.82 bits per heavy atom. The molecule has 1 aliphatic rings. The van der Waals surface area contributed by atoms with Crippen LogP contribution in [0.3, 0.4) is 0 Å². The SMILES string of the molecule is CC(OC(=O)c1ccccc1)C(=O)N1CC(=O)Nc2cc(C(F)(F)F)ccc21. The molecular weight excluding hydrogens is 377 g/mol. The van der Waals surface area contributed by atoms with E-state index in [0.717, 1.165) is 23.1 Å². The average molecular weight is 392 g/mol. The zero-order valence-corrected chi connectivity index (χ0v) is 14.6. The second-order valence-corrected chi connectivity index (χ2v) is 6.12. The Kier molecular flexibility index (Phi) is 5.08. The smallest absolute Gasteiger partial charge is 0.416 e. The van der Waals surface area contributed by atoms with E-state index in [1.54, 1.807) is 18.2 Å². The topological polar surface area (TPSA) is 75.7 Å². The van der Waals surface area contributed by atoms with Crippen molar-refractivity contribution < 1.29 is 32.3 Å². The first-order valence-corrected chi connectivity index (χ1v) is 8.25. The first-order chi connectivity index (χ1) is 13.2. The van der Waals surface area contributed by atoms with E-state index in [2.05, 4.69) is 5.32 Å². The molecule has 1 unspecified atom stereocenters. The molecule has 0 spiro atoms. The van der Waals surface area contributed by atoms with Crippen LogP contribution in [0, 0.1) is 0 Å². The number of alkyl halides is 3. The van der Waals surface area contributed by atoms with Gasteiger partial charge >= 0.3 is 12.1 Å². The summed E-state index contributed by atoms with van der Waals surface area (Å²) in [6.45, 7) is 0.934. The van der Waals surface area contributed by atoms with Crippen molar-refractivity contribution in [3.05, 3.63) is 59.7 Å². The lowest BCUT2D eigenvalue weighted by Gasteiger charge is -2.31. The van der Waals surface area contributed by atoms with Gasteiger partial charge in [-0.05, 0) is 37.3 Å². The second kappa shape index (κ2) is 7.34. The summed E-state index contributed by atoms with van der Waals surface area (Å²) in [5, 5.41) is 2.32. The number of nitrogens with zero attached hydrogens (tertiary/aromatic N) is 1. The highest BCUT2D eigenvalue weighted by molar-refractivity contribution is 6.11. The number of benzene rings is 2. The maximum absolute atomic E-state index is 12.9. The van der Waals surface area contributed by atoms with Gasteiger partial charge in [-0.2, -0.15) is 13.2 Å². The van der Waals surface area contributed by atoms with Crippen LogP contribution in [0.5, 0.6) is 0 Å². The van der Waals surface area contributed by atoms with Gasteiger partial charge in [0.05, 0.1) is 22.5 Å². The molecule has 0 aromatic heterocycles. The first kappa shape index (κ1) is 19.4. The van der Waals surface area contributed by atoms with E-state index in [4.69, 9.17) is 4.74 Å². The normalized spacial score (nSPS) is 14.7. The Morgan fingerprint density at radius 1 is 1.14 bits per heavy atom. The van der Waals surface area contributed by atoms with Gasteiger partial charge in [0.2, 0.25) is 5.91 Å². The van der Waals surface area contributed by atoms with Crippen LogP contribution >= 0.6 is 0 Å². The van der Waals surface area contributed by atoms with Gasteiger partial charge in [0.1, 0.15) is 6.54 Å². The molecule has 9 heteroatoms. The van der Waals surface area contributed by atoms with Crippen LogP contribution in [0.4, 0.5) is 24.5 Å². The van der Waals surface area contributed by atoms with Crippen molar-refractivity contribution in [3.8, 4) is 0 Å². The number of ether oxygens (including phenoxy) is 1. The summed E-state index contributed by atoms with van der Waals surface area (Å²) in [4.78, 5) is 37.7. The number of anilines is 2. The van der Waals surface area contributed by atoms with Gasteiger partial charge in [0.25, 0.3) is 5.91 Å². The molecule has 1 heterocycles. The molecule has 0 bridgehead atoms. The fraction of sp³-hybridized carbons (Fsp3) is 0.211. The number of nitrogens with one attached hydrogen (secondary N) is 1. The third-order valence-corrected chi connectivity index (χ3v) is 4.10. The molecular formula is C19H15F3N2O4. The summed E-state index contributed by atoms with van der Waals surface area (Å²) >= 11 is 0. The monoisotopic (exact) mass is 392 g/mol. The number of amides is 2. The molecule has 146 valence electrons. The molecule has 6 nitrogen and oxygen atoms in total. The molecule has 0 saturated heterocycles. The van der Waals surface area contributed by atoms with Gasteiger partial charge in [-0.25, -0.2) is 4.79 Å². The standard InChI is InChI=1S/C19H15F3N2O4/c1-11(28-18(27)12-5-3-2-4-6-12)17(26)24-10-16(25)23-14-9-13(19(20,21)22)7-8-15(14)24/h2-9,11H,10H2,1H3,(H,23,25). The Hall–Kier alpha value is -3.36. The molecule has 0 fully saturated rings. The minimum atomic E-state index is -4.59. The molecule has 28 heavy (non-hydrogen) atoms. The van der Waals surface area contributed by atoms with Gasteiger partial charge in [-0.3, -0.25) is 14.5 Å². The fourth-order valence-corrected chi connectivity index (χ4v) is 2.74. The van der Waals surface area contributed by atoms with E-state index in [-0.39, 0.29) is 16.9 Å². The Labute approximate surface area is 157 Å². The van der Waals surface area contributed by atoms with Crippen molar-refractivity contribution in [2.75, 3.05) is 16.8 Å². The minimum absolute atomic E-state index is 0.0974. The Balaban J connectivity index is 1.82. The van der Waals surface area contributed by atoms with Crippen LogP contribution in [0.1, 0.15) is 22.8 Å². The minimum Gasteiger partial charge on any atom is -0.449 e. The summed E-state index contributed by atoms with van der Waals surface area (Å²) in [5.41, 5.74) is -0.751. The van der Waals surface area contributed by atoms with Crippen LogP contribution in [0.2, 0.25) is 0 Å². The number of carbonyl (C=O) groups excluding carboxylic acids is 3. The van der Waals surface area contributed by atoms with Crippen LogP contribution in [0.25, 0.3) is 0 Å². The van der Waals surface area contributed by atoms with E-state index >= 15 is 0 Å². The van der Waals surface area contributed by atoms with Crippen molar-refractivity contribution in [1.29, 1.82) is 0 Å². The molecule has 1 aliphatic heterocycles. The maximum Gasteiger partial charge on any atom is 0.416 e. The Bertz CT molecular complexity index is 929. The van der Waals surface area contributed by atoms with Crippen molar-refractivity contribution in [3.63, 3.8) is 0 Å². The molecule has 1 N–H and O–H groups in total. The number of esters is 1. The summed E-state index contributed by atoms with van der Waals surface area (Å²) in [7, 11) is 0. The Morgan fingerprint density at radius 3 is 2.46 bits per heavy atom. The van der Waals surface area contributed by atoms with Crippen LogP contribution in [-0.4, -0.2) is 30.4 Å². The summed E-state index contributed by atoms with van der Waals surface area (Å²) in [6.07, 6.45) is -5.83. The lowest BCUT2D eigenvalue weighted by Crippen LogP contribution is -2.47. The van der Waals surface area contributed by atoms with E-state index in [1.165, 1.54) is 19.1 Å². The highest BCUT2D eigenvalue weighted by Gasteiger charge is 2.35. The maximum atomic E-state index is 12.9. The molecule has 0 radical (unpaired) electrons. The van der Waals surface area contributed by atoms with Gasteiger partial charge in [-0.1, -0.05) is 18.2 Å². The third kappa shape index (κ3) is 3.98. The largest absolute Gasteiger partial charge is 0.449 e. The second-order valence-electron chi connectivity index (χ2n) is 6.12. The quantitative estimate of drug-likeness (QED) is 0.814. The van der Waals surface area contributed by atoms with Crippen LogP contribution in [-0.2, 0) is 20.5 Å². The van der Waals surface area contributed by atoms with Crippen LogP contribution in [0.15, 0.2) is 48.5 Å². The number of hydrogen-bond acceptors (Lipinski definition) is 4. The molecule has 2 amide bonds. The van der Waals surface area contributed by atoms with Gasteiger partial charge < -0.3 is 10.1 Å². The predicted octanol–water partition coefficient (Wildman–Crippen LogP) is 3.24. The van der Waals surface area contributed by atoms with Crippen LogP contribution < -0.4 is 10.2 Å². The molecule has 0 aliphatic carbocycles. The van der Waals surface area contributed by atoms with Gasteiger partial charge in [-0.15, -0.1) is 0 Å². The van der Waals surface area contributed by atoms with Crippen molar-refractivity contribution in [1.82, 2.24) is 0 Å². The summed E-state index contributed by atoms with van der Waals surface area (Å²) in [5.74, 6) is -2.10. The number of fused-ring (bicyclic) bond motifs is 1. The highest BCUT2D eigenvalue weighted by Crippen LogP contribution is 2.37. The van der Waals surface area contributed by atoms with Crippen molar-refractivity contribution in [2.45, 2.75) is 19.2 Å². The average Bonchev–Trinajstić information content (AvgIpc) is 2.66. The van der Waals surface area contributed by atoms with Crippen molar-refractivity contribution in [2.24, 2.45) is 0 Å². The zero-order chi connectivity index (χ0) is 20.5. The predicted molar refractivity (Wildman–Crippen MR) is 93.7 cm³/mol. The third-order valence-electron chi connectivity index (χ3n) is 4.10. The number of rotatable bonds is 3. The molecule has 1 atom stereocenters. The zero-order valence-electron chi connectivity index (χ0n) is 14.6. The van der Waals surface area contributed by atoms with E-state index in [9.17, 15) is 27.6 Å². The number of hydrogen-bond donors (Lipinski definition) is 1. The summed E-state index contributed by atoms with van der Waals surface area (Å²) in [6, 6.07) is 10.7.